The number of benzene rings is 1. The third kappa shape index (κ3) is 4.14. The summed E-state index contributed by atoms with van der Waals surface area (Å²) in [5.41, 5.74) is 4.64. The summed E-state index contributed by atoms with van der Waals surface area (Å²) >= 11 is 13.5. The maximum atomic E-state index is 13.1. The number of carbonyl (C=O) groups is 2. The van der Waals surface area contributed by atoms with Gasteiger partial charge in [0.2, 0.25) is 11.8 Å². The number of nitrogens with two attached hydrogens (primary N) is 1. The molecule has 0 heterocycles. The van der Waals surface area contributed by atoms with Crippen LogP contribution in [-0.2, 0) is 9.59 Å². The zero-order chi connectivity index (χ0) is 21.0. The Kier molecular flexibility index (Phi) is 5.60. The Hall–Kier alpha value is -0.950. The molecule has 4 saturated carbocycles. The number of hydrogen-bond donors (Lipinski definition) is 3. The summed E-state index contributed by atoms with van der Waals surface area (Å²) in [6, 6.07) is 5.41. The van der Waals surface area contributed by atoms with Gasteiger partial charge < -0.3 is 11.1 Å². The maximum Gasteiger partial charge on any atom is 0.240 e. The summed E-state index contributed by atoms with van der Waals surface area (Å²) in [6.07, 6.45) is 4.72. The average molecular weight is 456 g/mol. The van der Waals surface area contributed by atoms with E-state index < -0.39 is 5.54 Å². The van der Waals surface area contributed by atoms with Crippen molar-refractivity contribution in [3.63, 3.8) is 0 Å². The lowest BCUT2D eigenvalue weighted by Gasteiger charge is -2.59. The van der Waals surface area contributed by atoms with Crippen LogP contribution in [0.1, 0.15) is 46.0 Å². The number of primary amides is 1. The highest BCUT2D eigenvalue weighted by Crippen LogP contribution is 2.59. The third-order valence-electron chi connectivity index (χ3n) is 6.92. The first-order chi connectivity index (χ1) is 13.6. The number of amides is 2. The van der Waals surface area contributed by atoms with Crippen molar-refractivity contribution in [3.05, 3.63) is 28.2 Å². The highest BCUT2D eigenvalue weighted by atomic mass is 35.5. The molecule has 4 aliphatic carbocycles. The minimum Gasteiger partial charge on any atom is -0.369 e. The van der Waals surface area contributed by atoms with E-state index in [4.69, 9.17) is 28.9 Å². The molecular weight excluding hydrogens is 429 g/mol. The van der Waals surface area contributed by atoms with Crippen LogP contribution >= 0.6 is 35.1 Å². The van der Waals surface area contributed by atoms with E-state index in [0.717, 1.165) is 37.0 Å². The van der Waals surface area contributed by atoms with E-state index in [0.29, 0.717) is 27.8 Å². The zero-order valence-corrected chi connectivity index (χ0v) is 19.0. The molecule has 8 heteroatoms. The van der Waals surface area contributed by atoms with Crippen molar-refractivity contribution >= 4 is 47.0 Å². The summed E-state index contributed by atoms with van der Waals surface area (Å²) in [5.74, 6) is 1.06. The van der Waals surface area contributed by atoms with Crippen molar-refractivity contribution < 1.29 is 9.59 Å². The van der Waals surface area contributed by atoms with Crippen molar-refractivity contribution in [3.8, 4) is 0 Å². The maximum absolute atomic E-state index is 13.1. The van der Waals surface area contributed by atoms with Gasteiger partial charge in [-0.05, 0) is 93.9 Å². The van der Waals surface area contributed by atoms with Crippen LogP contribution in [0.25, 0.3) is 0 Å². The minimum atomic E-state index is -0.782. The Morgan fingerprint density at radius 2 is 1.69 bits per heavy atom. The Balaban J connectivity index is 1.40. The molecule has 0 saturated heterocycles. The lowest BCUT2D eigenvalue weighted by atomic mass is 9.47. The number of carbonyl (C=O) groups excluding carboxylic acids is 2. The van der Waals surface area contributed by atoms with Crippen LogP contribution in [0.2, 0.25) is 10.0 Å². The van der Waals surface area contributed by atoms with E-state index in [2.05, 4.69) is 10.0 Å². The standard InChI is InChI=1S/C21H27Cl2N3O2S/c1-20(2,26-29-16-6-14(22)5-15(23)7-16)19(28)25-17-12-3-11-4-13(17)10-21(8-11,9-12)18(24)27/h5-7,11-13,17,26H,3-4,8-10H2,1-2H3,(H2,24,27)(H,25,28). The van der Waals surface area contributed by atoms with Crippen molar-refractivity contribution in [1.82, 2.24) is 10.0 Å². The largest absolute Gasteiger partial charge is 0.369 e. The van der Waals surface area contributed by atoms with Crippen LogP contribution in [-0.4, -0.2) is 23.4 Å². The lowest BCUT2D eigenvalue weighted by molar-refractivity contribution is -0.148. The Labute approximate surface area is 186 Å². The summed E-state index contributed by atoms with van der Waals surface area (Å²) < 4.78 is 3.24. The van der Waals surface area contributed by atoms with Crippen LogP contribution in [0.4, 0.5) is 0 Å². The van der Waals surface area contributed by atoms with E-state index in [1.165, 1.54) is 11.9 Å². The van der Waals surface area contributed by atoms with Crippen molar-refractivity contribution in [1.29, 1.82) is 0 Å². The average Bonchev–Trinajstić information content (AvgIpc) is 2.61. The van der Waals surface area contributed by atoms with E-state index in [1.54, 1.807) is 18.2 Å². The number of halogens is 2. The molecule has 4 bridgehead atoms. The predicted molar refractivity (Wildman–Crippen MR) is 117 cm³/mol. The SMILES string of the molecule is CC(C)(NSc1cc(Cl)cc(Cl)c1)C(=O)NC1C2CC3CC1CC(C(N)=O)(C3)C2. The second kappa shape index (κ2) is 7.63. The third-order valence-corrected chi connectivity index (χ3v) is 8.44. The van der Waals surface area contributed by atoms with Gasteiger partial charge in [0.15, 0.2) is 0 Å². The number of nitrogens with one attached hydrogen (secondary N) is 2. The molecule has 4 N–H and O–H groups in total. The molecule has 1 aromatic rings. The Morgan fingerprint density at radius 3 is 2.24 bits per heavy atom. The van der Waals surface area contributed by atoms with E-state index in [1.807, 2.05) is 13.8 Å². The molecule has 2 unspecified atom stereocenters. The van der Waals surface area contributed by atoms with Gasteiger partial charge in [-0.25, -0.2) is 4.72 Å². The molecular formula is C21H27Cl2N3O2S. The summed E-state index contributed by atoms with van der Waals surface area (Å²) in [5, 5.41) is 4.41. The Morgan fingerprint density at radius 1 is 1.10 bits per heavy atom. The smallest absolute Gasteiger partial charge is 0.240 e. The fourth-order valence-electron chi connectivity index (χ4n) is 5.71. The molecule has 4 aliphatic rings. The normalized spacial score (nSPS) is 33.0. The van der Waals surface area contributed by atoms with Gasteiger partial charge in [0, 0.05) is 26.4 Å². The van der Waals surface area contributed by atoms with E-state index >= 15 is 0 Å². The van der Waals surface area contributed by atoms with Gasteiger partial charge in [-0.1, -0.05) is 23.2 Å². The molecule has 5 nitrogen and oxygen atoms in total. The van der Waals surface area contributed by atoms with Crippen molar-refractivity contribution in [2.75, 3.05) is 0 Å². The van der Waals surface area contributed by atoms with Crippen LogP contribution in [0.15, 0.2) is 23.1 Å². The Bertz CT molecular complexity index is 811. The molecule has 5 rings (SSSR count). The van der Waals surface area contributed by atoms with Crippen LogP contribution in [0.5, 0.6) is 0 Å². The predicted octanol–water partition coefficient (Wildman–Crippen LogP) is 4.17. The fourth-order valence-corrected chi connectivity index (χ4v) is 7.21. The first-order valence-electron chi connectivity index (χ1n) is 10.1. The molecule has 0 aromatic heterocycles. The molecule has 4 fully saturated rings. The van der Waals surface area contributed by atoms with Gasteiger partial charge in [0.05, 0.1) is 0 Å². The topological polar surface area (TPSA) is 84.2 Å². The monoisotopic (exact) mass is 455 g/mol. The van der Waals surface area contributed by atoms with Crippen LogP contribution in [0, 0.1) is 23.2 Å². The number of hydrogen-bond acceptors (Lipinski definition) is 4. The zero-order valence-electron chi connectivity index (χ0n) is 16.6. The van der Waals surface area contributed by atoms with E-state index in [-0.39, 0.29) is 23.3 Å². The molecule has 1 aromatic carbocycles. The van der Waals surface area contributed by atoms with Crippen LogP contribution in [0.3, 0.4) is 0 Å². The second-order valence-corrected chi connectivity index (χ2v) is 11.3. The van der Waals surface area contributed by atoms with E-state index in [9.17, 15) is 9.59 Å². The minimum absolute atomic E-state index is 0.0382. The van der Waals surface area contributed by atoms with Gasteiger partial charge in [0.25, 0.3) is 0 Å². The molecule has 0 radical (unpaired) electrons. The highest BCUT2D eigenvalue weighted by molar-refractivity contribution is 7.97. The molecule has 0 spiro atoms. The van der Waals surface area contributed by atoms with Gasteiger partial charge >= 0.3 is 0 Å². The summed E-state index contributed by atoms with van der Waals surface area (Å²) in [7, 11) is 0. The van der Waals surface area contributed by atoms with Gasteiger partial charge in [0.1, 0.15) is 5.54 Å². The first-order valence-corrected chi connectivity index (χ1v) is 11.7. The van der Waals surface area contributed by atoms with Gasteiger partial charge in [-0.2, -0.15) is 0 Å². The van der Waals surface area contributed by atoms with Crippen molar-refractivity contribution in [2.45, 2.75) is 62.4 Å². The van der Waals surface area contributed by atoms with Crippen LogP contribution < -0.4 is 15.8 Å². The fraction of sp³-hybridized carbons (Fsp3) is 0.619. The quantitative estimate of drug-likeness (QED) is 0.562. The first kappa shape index (κ1) is 21.3. The molecule has 2 amide bonds. The summed E-state index contributed by atoms with van der Waals surface area (Å²) in [6.45, 7) is 3.73. The lowest BCUT2D eigenvalue weighted by Crippen LogP contribution is -2.64. The molecule has 158 valence electrons. The molecule has 0 aliphatic heterocycles. The molecule has 29 heavy (non-hydrogen) atoms. The highest BCUT2D eigenvalue weighted by Gasteiger charge is 2.58. The van der Waals surface area contributed by atoms with Gasteiger partial charge in [-0.3, -0.25) is 9.59 Å². The van der Waals surface area contributed by atoms with Crippen molar-refractivity contribution in [2.24, 2.45) is 28.9 Å². The second-order valence-electron chi connectivity index (χ2n) is 9.55. The molecule has 2 atom stereocenters. The van der Waals surface area contributed by atoms with Gasteiger partial charge in [-0.15, -0.1) is 0 Å². The summed E-state index contributed by atoms with van der Waals surface area (Å²) in [4.78, 5) is 26.1. The number of rotatable bonds is 6.